The fourth-order valence-electron chi connectivity index (χ4n) is 4.02. The van der Waals surface area contributed by atoms with Gasteiger partial charge in [-0.3, -0.25) is 4.79 Å². The number of carbonyl (C=O) groups is 1. The molecule has 0 spiro atoms. The third-order valence-corrected chi connectivity index (χ3v) is 5.45. The van der Waals surface area contributed by atoms with Gasteiger partial charge < -0.3 is 19.6 Å². The Kier molecular flexibility index (Phi) is 3.26. The number of esters is 1. The highest BCUT2D eigenvalue weighted by Crippen LogP contribution is 2.38. The Labute approximate surface area is 158 Å². The van der Waals surface area contributed by atoms with Gasteiger partial charge in [-0.2, -0.15) is 0 Å². The maximum atomic E-state index is 13.1. The number of para-hydroxylation sites is 1. The second-order valence-corrected chi connectivity index (χ2v) is 7.08. The first-order valence-corrected chi connectivity index (χ1v) is 8.69. The Balaban J connectivity index is 1.86. The first-order valence-electron chi connectivity index (χ1n) is 8.69. The number of hydrogen-bond acceptors (Lipinski definition) is 7. The fourth-order valence-corrected chi connectivity index (χ4v) is 4.02. The van der Waals surface area contributed by atoms with Gasteiger partial charge in [-0.15, -0.1) is 0 Å². The Bertz CT molecular complexity index is 1270. The average Bonchev–Trinajstić information content (AvgIpc) is 3.04. The molecule has 3 aromatic rings. The van der Waals surface area contributed by atoms with Crippen LogP contribution in [0.5, 0.6) is 0 Å². The highest BCUT2D eigenvalue weighted by molar-refractivity contribution is 6.02. The fraction of sp³-hybridized carbons (Fsp3) is 0.200. The summed E-state index contributed by atoms with van der Waals surface area (Å²) in [6.45, 7) is 1.38. The van der Waals surface area contributed by atoms with E-state index in [4.69, 9.17) is 14.9 Å². The number of oxime groups is 1. The number of ether oxygens (including phenoxy) is 1. The molecular formula is C20H15N3O5. The lowest BCUT2D eigenvalue weighted by atomic mass is 9.89. The van der Waals surface area contributed by atoms with E-state index in [9.17, 15) is 14.7 Å². The number of cyclic esters (lactones) is 1. The molecule has 5 rings (SSSR count). The molecule has 0 unspecified atom stereocenters. The van der Waals surface area contributed by atoms with Crippen LogP contribution < -0.4 is 5.56 Å². The molecule has 140 valence electrons. The molecule has 2 aromatic heterocycles. The van der Waals surface area contributed by atoms with Gasteiger partial charge in [-0.25, -0.2) is 9.78 Å². The van der Waals surface area contributed by atoms with Gasteiger partial charge in [0.1, 0.15) is 6.61 Å². The first-order chi connectivity index (χ1) is 13.4. The molecule has 0 bridgehead atoms. The summed E-state index contributed by atoms with van der Waals surface area (Å²) < 4.78 is 6.53. The molecular weight excluding hydrogens is 362 g/mol. The lowest BCUT2D eigenvalue weighted by molar-refractivity contribution is -0.169. The Morgan fingerprint density at radius 3 is 2.86 bits per heavy atom. The number of aliphatic hydroxyl groups is 1. The highest BCUT2D eigenvalue weighted by Gasteiger charge is 2.43. The molecule has 0 amide bonds. The summed E-state index contributed by atoms with van der Waals surface area (Å²) in [6.07, 6.45) is 1.34. The highest BCUT2D eigenvalue weighted by atomic mass is 16.6. The zero-order chi connectivity index (χ0) is 19.6. The minimum Gasteiger partial charge on any atom is -0.458 e. The molecule has 1 atom stereocenters. The second kappa shape index (κ2) is 5.49. The number of pyridine rings is 2. The van der Waals surface area contributed by atoms with Gasteiger partial charge in [0.05, 0.1) is 35.2 Å². The standard InChI is InChI=1S/C20H15N3O5/c1-20(26)14-6-16-17-12(8-23(16)18(24)13(14)9-28-19(20)25)11(7-21-27)10-4-2-3-5-15(10)22-17/h2-7,26-27H,8-9H2,1H3/b21-7+/t20-/m0/s1. The number of nitrogens with zero attached hydrogens (tertiary/aromatic N) is 3. The van der Waals surface area contributed by atoms with E-state index in [1.165, 1.54) is 13.1 Å². The van der Waals surface area contributed by atoms with Crippen molar-refractivity contribution in [2.45, 2.75) is 25.7 Å². The molecule has 0 fully saturated rings. The van der Waals surface area contributed by atoms with Crippen LogP contribution in [-0.2, 0) is 28.3 Å². The maximum absolute atomic E-state index is 13.1. The Hall–Kier alpha value is -3.52. The SMILES string of the molecule is C[C@@]1(O)C(=O)OCc2c1cc1n(c2=O)Cc2c-1nc1ccccc1c2/C=N/O. The van der Waals surface area contributed by atoms with Crippen molar-refractivity contribution in [3.63, 3.8) is 0 Å². The predicted molar refractivity (Wildman–Crippen MR) is 99.3 cm³/mol. The van der Waals surface area contributed by atoms with Crippen molar-refractivity contribution < 1.29 is 19.8 Å². The Morgan fingerprint density at radius 1 is 1.29 bits per heavy atom. The molecule has 2 N–H and O–H groups in total. The first kappa shape index (κ1) is 16.6. The van der Waals surface area contributed by atoms with E-state index in [2.05, 4.69) is 5.16 Å². The number of aromatic nitrogens is 2. The summed E-state index contributed by atoms with van der Waals surface area (Å²) >= 11 is 0. The molecule has 0 saturated carbocycles. The molecule has 8 nitrogen and oxygen atoms in total. The van der Waals surface area contributed by atoms with Crippen molar-refractivity contribution in [2.75, 3.05) is 0 Å². The van der Waals surface area contributed by atoms with Crippen LogP contribution in [0.2, 0.25) is 0 Å². The third kappa shape index (κ3) is 2.03. The molecule has 0 saturated heterocycles. The molecule has 8 heteroatoms. The van der Waals surface area contributed by atoms with E-state index in [0.717, 1.165) is 10.9 Å². The van der Waals surface area contributed by atoms with Crippen molar-refractivity contribution in [3.05, 3.63) is 62.9 Å². The smallest absolute Gasteiger partial charge is 0.342 e. The van der Waals surface area contributed by atoms with Crippen LogP contribution >= 0.6 is 0 Å². The van der Waals surface area contributed by atoms with E-state index in [1.54, 1.807) is 10.6 Å². The van der Waals surface area contributed by atoms with Gasteiger partial charge in [-0.1, -0.05) is 23.4 Å². The van der Waals surface area contributed by atoms with Crippen LogP contribution in [0, 0.1) is 0 Å². The van der Waals surface area contributed by atoms with Crippen molar-refractivity contribution in [2.24, 2.45) is 5.16 Å². The molecule has 0 radical (unpaired) electrons. The normalized spacial score (nSPS) is 20.1. The van der Waals surface area contributed by atoms with Crippen LogP contribution in [0.1, 0.15) is 29.2 Å². The van der Waals surface area contributed by atoms with Gasteiger partial charge in [-0.05, 0) is 19.1 Å². The number of carbonyl (C=O) groups excluding carboxylic acids is 1. The van der Waals surface area contributed by atoms with Crippen LogP contribution in [0.4, 0.5) is 0 Å². The zero-order valence-electron chi connectivity index (χ0n) is 14.8. The molecule has 2 aliphatic rings. The second-order valence-electron chi connectivity index (χ2n) is 7.08. The van der Waals surface area contributed by atoms with Gasteiger partial charge in [0.2, 0.25) is 0 Å². The number of fused-ring (bicyclic) bond motifs is 5. The largest absolute Gasteiger partial charge is 0.458 e. The van der Waals surface area contributed by atoms with Crippen molar-refractivity contribution in [1.82, 2.24) is 9.55 Å². The zero-order valence-corrected chi connectivity index (χ0v) is 14.8. The minimum atomic E-state index is -1.91. The summed E-state index contributed by atoms with van der Waals surface area (Å²) in [5, 5.41) is 23.7. The third-order valence-electron chi connectivity index (χ3n) is 5.45. The van der Waals surface area contributed by atoms with E-state index < -0.39 is 11.6 Å². The van der Waals surface area contributed by atoms with Crippen LogP contribution in [0.3, 0.4) is 0 Å². The molecule has 28 heavy (non-hydrogen) atoms. The molecule has 2 aliphatic heterocycles. The van der Waals surface area contributed by atoms with Crippen molar-refractivity contribution in [3.8, 4) is 11.4 Å². The molecule has 0 aliphatic carbocycles. The van der Waals surface area contributed by atoms with E-state index in [-0.39, 0.29) is 29.8 Å². The van der Waals surface area contributed by atoms with Crippen LogP contribution in [-0.4, -0.2) is 32.0 Å². The summed E-state index contributed by atoms with van der Waals surface area (Å²) in [6, 6.07) is 9.03. The molecule has 1 aromatic carbocycles. The summed E-state index contributed by atoms with van der Waals surface area (Å²) in [4.78, 5) is 29.8. The van der Waals surface area contributed by atoms with Crippen molar-refractivity contribution >= 4 is 23.1 Å². The molecule has 4 heterocycles. The topological polar surface area (TPSA) is 114 Å². The van der Waals surface area contributed by atoms with E-state index in [0.29, 0.717) is 22.5 Å². The van der Waals surface area contributed by atoms with Crippen LogP contribution in [0.25, 0.3) is 22.3 Å². The lowest BCUT2D eigenvalue weighted by Crippen LogP contribution is -2.42. The van der Waals surface area contributed by atoms with Gasteiger partial charge >= 0.3 is 5.97 Å². The van der Waals surface area contributed by atoms with E-state index in [1.807, 2.05) is 24.3 Å². The summed E-state index contributed by atoms with van der Waals surface area (Å²) in [5.41, 5.74) is 1.40. The van der Waals surface area contributed by atoms with Gasteiger partial charge in [0.25, 0.3) is 5.56 Å². The summed E-state index contributed by atoms with van der Waals surface area (Å²) in [5.74, 6) is -0.790. The number of benzene rings is 1. The van der Waals surface area contributed by atoms with Gasteiger partial charge in [0, 0.05) is 22.1 Å². The number of hydrogen-bond donors (Lipinski definition) is 2. The number of rotatable bonds is 1. The predicted octanol–water partition coefficient (Wildman–Crippen LogP) is 1.50. The average molecular weight is 377 g/mol. The monoisotopic (exact) mass is 377 g/mol. The minimum absolute atomic E-state index is 0.180. The summed E-state index contributed by atoms with van der Waals surface area (Å²) in [7, 11) is 0. The maximum Gasteiger partial charge on any atom is 0.342 e. The quantitative estimate of drug-likeness (QED) is 0.225. The van der Waals surface area contributed by atoms with E-state index >= 15 is 0 Å². The van der Waals surface area contributed by atoms with Crippen LogP contribution in [0.15, 0.2) is 40.3 Å². The van der Waals surface area contributed by atoms with Crippen molar-refractivity contribution in [1.29, 1.82) is 0 Å². The Morgan fingerprint density at radius 2 is 2.07 bits per heavy atom. The van der Waals surface area contributed by atoms with Gasteiger partial charge in [0.15, 0.2) is 5.60 Å². The lowest BCUT2D eigenvalue weighted by Gasteiger charge is -2.29.